The van der Waals surface area contributed by atoms with Crippen molar-refractivity contribution in [1.82, 2.24) is 15.1 Å². The first-order valence-electron chi connectivity index (χ1n) is 18.7. The van der Waals surface area contributed by atoms with Gasteiger partial charge < -0.3 is 25.4 Å². The second-order valence-corrected chi connectivity index (χ2v) is 16.8. The Hall–Kier alpha value is -4.66. The Morgan fingerprint density at radius 1 is 1.11 bits per heavy atom. The molecule has 5 rings (SSSR count). The number of halogens is 1. The summed E-state index contributed by atoms with van der Waals surface area (Å²) in [7, 11) is 0. The fourth-order valence-electron chi connectivity index (χ4n) is 6.08. The van der Waals surface area contributed by atoms with Gasteiger partial charge in [-0.05, 0) is 84.8 Å². The lowest BCUT2D eigenvalue weighted by atomic mass is 9.97. The van der Waals surface area contributed by atoms with Crippen LogP contribution in [0.5, 0.6) is 0 Å². The number of carbonyl (C=O) groups is 5. The molecule has 54 heavy (non-hydrogen) atoms. The number of ketones is 1. The zero-order valence-corrected chi connectivity index (χ0v) is 33.3. The molecular formula is C42H65FN4O7. The molecule has 2 aliphatic carbocycles. The lowest BCUT2D eigenvalue weighted by molar-refractivity contribution is -0.139. The number of nitrogens with zero attached hydrogens (tertiary/aromatic N) is 2. The summed E-state index contributed by atoms with van der Waals surface area (Å²) in [6, 6.07) is 3.87. The summed E-state index contributed by atoms with van der Waals surface area (Å²) in [5.41, 5.74) is 5.35. The van der Waals surface area contributed by atoms with Crippen molar-refractivity contribution in [3.05, 3.63) is 60.0 Å². The normalized spacial score (nSPS) is 22.4. The summed E-state index contributed by atoms with van der Waals surface area (Å²) in [4.78, 5) is 65.0. The van der Waals surface area contributed by atoms with Crippen LogP contribution >= 0.6 is 0 Å². The highest BCUT2D eigenvalue weighted by atomic mass is 19.1. The quantitative estimate of drug-likeness (QED) is 0.149. The van der Waals surface area contributed by atoms with Crippen LogP contribution in [0.4, 0.5) is 14.0 Å². The van der Waals surface area contributed by atoms with E-state index >= 15 is 0 Å². The number of nitrogens with two attached hydrogens (primary N) is 1. The van der Waals surface area contributed by atoms with Gasteiger partial charge in [-0.2, -0.15) is 0 Å². The summed E-state index contributed by atoms with van der Waals surface area (Å²) >= 11 is 0. The van der Waals surface area contributed by atoms with Crippen molar-refractivity contribution in [3.63, 3.8) is 0 Å². The van der Waals surface area contributed by atoms with Gasteiger partial charge in [0, 0.05) is 47.0 Å². The van der Waals surface area contributed by atoms with E-state index < -0.39 is 35.5 Å². The first-order valence-corrected chi connectivity index (χ1v) is 18.7. The standard InChI is InChI=1S/C33H40FN3O5.C5H11NO2.C4H8.3H2/c1-7-23-17-33(23,21(2)3)35-30(40)28-16-25(42-31(41)36-18-22-10-8-12-27(34)26(22)20-36)19-37(28)29(39)13-9-11-24(38)14-15-32(4,5)6;1-5(2,3)8-4(6)7;1-4-2-3-4;;;/h7-8,10,12,23,25,28H,1-2,9,11,13,16-20H2,3-6H3,(H,35,40);1-3H3,(H2,6,7);4H,2-3H2,1H3;3*1H/t23-,25?,28+,33+;;;;;/m1...../s1. The zero-order valence-electron chi connectivity index (χ0n) is 33.3. The van der Waals surface area contributed by atoms with E-state index in [9.17, 15) is 28.4 Å². The monoisotopic (exact) mass is 756 g/mol. The van der Waals surface area contributed by atoms with Crippen molar-refractivity contribution in [3.8, 4) is 11.8 Å². The maximum absolute atomic E-state index is 14.2. The average Bonchev–Trinajstić information content (AvgIpc) is 3.88. The first-order chi connectivity index (χ1) is 25.0. The van der Waals surface area contributed by atoms with Gasteiger partial charge in [0.2, 0.25) is 17.6 Å². The van der Waals surface area contributed by atoms with Gasteiger partial charge in [0.1, 0.15) is 23.6 Å². The molecule has 4 atom stereocenters. The number of hydrogen-bond acceptors (Lipinski definition) is 7. The van der Waals surface area contributed by atoms with Gasteiger partial charge in [0.15, 0.2) is 0 Å². The third-order valence-corrected chi connectivity index (χ3v) is 9.39. The van der Waals surface area contributed by atoms with Crippen LogP contribution in [0.25, 0.3) is 0 Å². The van der Waals surface area contributed by atoms with Crippen LogP contribution in [0.2, 0.25) is 0 Å². The van der Waals surface area contributed by atoms with Crippen LogP contribution < -0.4 is 11.1 Å². The molecule has 2 saturated carbocycles. The van der Waals surface area contributed by atoms with E-state index in [2.05, 4.69) is 42.0 Å². The fraction of sp³-hybridized carbons (Fsp3) is 0.595. The molecule has 1 unspecified atom stereocenters. The minimum absolute atomic E-state index is 0. The Morgan fingerprint density at radius 2 is 1.76 bits per heavy atom. The maximum Gasteiger partial charge on any atom is 0.410 e. The molecule has 11 nitrogen and oxygen atoms in total. The molecule has 3 fully saturated rings. The van der Waals surface area contributed by atoms with Gasteiger partial charge in [0.25, 0.3) is 0 Å². The van der Waals surface area contributed by atoms with Crippen molar-refractivity contribution >= 4 is 29.8 Å². The van der Waals surface area contributed by atoms with Crippen LogP contribution in [0.1, 0.15) is 116 Å². The van der Waals surface area contributed by atoms with E-state index in [1.54, 1.807) is 39.0 Å². The Labute approximate surface area is 324 Å². The lowest BCUT2D eigenvalue weighted by Crippen LogP contribution is -2.50. The summed E-state index contributed by atoms with van der Waals surface area (Å²) in [6.07, 6.45) is 3.96. The molecule has 4 amide bonds. The molecule has 1 saturated heterocycles. The molecule has 0 bridgehead atoms. The molecule has 12 heteroatoms. The summed E-state index contributed by atoms with van der Waals surface area (Å²) in [5.74, 6) is 5.40. The number of fused-ring (bicyclic) bond motifs is 1. The molecule has 0 aromatic heterocycles. The second-order valence-electron chi connectivity index (χ2n) is 16.8. The number of hydrogen-bond donors (Lipinski definition) is 2. The summed E-state index contributed by atoms with van der Waals surface area (Å²) in [5, 5.41) is 3.08. The highest BCUT2D eigenvalue weighted by molar-refractivity contribution is 5.96. The minimum atomic E-state index is -0.859. The third-order valence-electron chi connectivity index (χ3n) is 9.39. The number of benzene rings is 1. The Bertz CT molecular complexity index is 1680. The van der Waals surface area contributed by atoms with Crippen LogP contribution in [0, 0.1) is 34.9 Å². The summed E-state index contributed by atoms with van der Waals surface area (Å²) in [6.45, 7) is 23.4. The predicted molar refractivity (Wildman–Crippen MR) is 211 cm³/mol. The first kappa shape index (κ1) is 43.7. The van der Waals surface area contributed by atoms with Crippen LogP contribution in [0.15, 0.2) is 43.0 Å². The largest absolute Gasteiger partial charge is 0.444 e. The van der Waals surface area contributed by atoms with E-state index in [-0.39, 0.29) is 84.3 Å². The van der Waals surface area contributed by atoms with Crippen LogP contribution in [-0.2, 0) is 36.9 Å². The molecule has 2 heterocycles. The number of likely N-dealkylation sites (tertiary alicyclic amines) is 1. The smallest absolute Gasteiger partial charge is 0.410 e. The van der Waals surface area contributed by atoms with Crippen LogP contribution in [-0.4, -0.2) is 69.4 Å². The van der Waals surface area contributed by atoms with Crippen molar-refractivity contribution < 1.29 is 42.1 Å². The molecule has 1 aromatic rings. The summed E-state index contributed by atoms with van der Waals surface area (Å²) < 4.78 is 24.5. The van der Waals surface area contributed by atoms with Gasteiger partial charge in [-0.25, -0.2) is 14.0 Å². The zero-order chi connectivity index (χ0) is 40.6. The molecule has 0 spiro atoms. The molecular weight excluding hydrogens is 691 g/mol. The van der Waals surface area contributed by atoms with E-state index in [0.717, 1.165) is 17.1 Å². The molecule has 1 aromatic carbocycles. The minimum Gasteiger partial charge on any atom is -0.444 e. The molecule has 302 valence electrons. The lowest BCUT2D eigenvalue weighted by Gasteiger charge is -2.27. The van der Waals surface area contributed by atoms with E-state index in [1.807, 2.05) is 27.7 Å². The fourth-order valence-corrected chi connectivity index (χ4v) is 6.08. The van der Waals surface area contributed by atoms with Crippen molar-refractivity contribution in [2.75, 3.05) is 6.54 Å². The molecule has 3 N–H and O–H groups in total. The SMILES string of the molecule is C=C[C@@H]1C[C@]1(NC(=O)[C@@H]1CC(OC(=O)N2Cc3cccc(F)c3C2)CN1C(=O)CCCC(=O)C#CC(C)(C)C)C(=C)C.CC(C)(C)OC(N)=O.CC1CC1.[HH].[HH].[HH]. The van der Waals surface area contributed by atoms with Gasteiger partial charge in [-0.1, -0.05) is 56.0 Å². The van der Waals surface area contributed by atoms with E-state index in [0.29, 0.717) is 12.0 Å². The topological polar surface area (TPSA) is 148 Å². The number of amides is 4. The molecule has 2 aliphatic heterocycles. The number of carbonyl (C=O) groups excluding carboxylic acids is 5. The number of primary amides is 1. The Kier molecular flexibility index (Phi) is 14.7. The third kappa shape index (κ3) is 13.3. The Morgan fingerprint density at radius 3 is 2.24 bits per heavy atom. The maximum atomic E-state index is 14.2. The van der Waals surface area contributed by atoms with Crippen molar-refractivity contribution in [2.45, 2.75) is 137 Å². The molecule has 4 aliphatic rings. The van der Waals surface area contributed by atoms with Gasteiger partial charge >= 0.3 is 12.2 Å². The number of ether oxygens (including phenoxy) is 2. The van der Waals surface area contributed by atoms with Gasteiger partial charge in [-0.3, -0.25) is 19.3 Å². The van der Waals surface area contributed by atoms with E-state index in [1.165, 1.54) is 28.7 Å². The van der Waals surface area contributed by atoms with Crippen molar-refractivity contribution in [2.24, 2.45) is 23.0 Å². The molecule has 0 radical (unpaired) electrons. The van der Waals surface area contributed by atoms with Gasteiger partial charge in [-0.15, -0.1) is 6.58 Å². The van der Waals surface area contributed by atoms with Crippen LogP contribution in [0.3, 0.4) is 0 Å². The number of nitrogens with one attached hydrogen (secondary N) is 1. The second kappa shape index (κ2) is 18.1. The predicted octanol–water partition coefficient (Wildman–Crippen LogP) is 7.71. The highest BCUT2D eigenvalue weighted by Gasteiger charge is 2.55. The van der Waals surface area contributed by atoms with Gasteiger partial charge in [0.05, 0.1) is 18.6 Å². The highest BCUT2D eigenvalue weighted by Crippen LogP contribution is 2.49. The van der Waals surface area contributed by atoms with Crippen molar-refractivity contribution in [1.29, 1.82) is 0 Å². The number of rotatable bonds is 9. The Balaban J connectivity index is 0.00000180. The average molecular weight is 757 g/mol. The van der Waals surface area contributed by atoms with E-state index in [4.69, 9.17) is 10.5 Å². The number of Topliss-reactive ketones (excluding diaryl/α,β-unsaturated/α-hetero) is 1.